The van der Waals surface area contributed by atoms with Crippen molar-refractivity contribution in [3.8, 4) is 11.5 Å². The number of esters is 3. The highest BCUT2D eigenvalue weighted by Crippen LogP contribution is 2.33. The highest BCUT2D eigenvalue weighted by Gasteiger charge is 2.19. The van der Waals surface area contributed by atoms with Gasteiger partial charge in [-0.1, -0.05) is 6.07 Å². The molecule has 0 aromatic heterocycles. The molecule has 2 rings (SSSR count). The maximum Gasteiger partial charge on any atom is 0.315 e. The van der Waals surface area contributed by atoms with Crippen LogP contribution in [0.4, 0.5) is 0 Å². The number of rotatable bonds is 3. The molecule has 1 heterocycles. The first kappa shape index (κ1) is 13.8. The molecule has 0 fully saturated rings. The molecule has 1 aliphatic rings. The van der Waals surface area contributed by atoms with Crippen molar-refractivity contribution >= 4 is 23.5 Å². The summed E-state index contributed by atoms with van der Waals surface area (Å²) in [5, 5.41) is 0. The van der Waals surface area contributed by atoms with Crippen LogP contribution in [-0.4, -0.2) is 17.9 Å². The lowest BCUT2D eigenvalue weighted by molar-refractivity contribution is -0.135. The lowest BCUT2D eigenvalue weighted by Gasteiger charge is -2.10. The first-order valence-electron chi connectivity index (χ1n) is 5.85. The molecular formula is C14H12O6. The van der Waals surface area contributed by atoms with Crippen molar-refractivity contribution in [2.75, 3.05) is 0 Å². The van der Waals surface area contributed by atoms with E-state index in [0.29, 0.717) is 11.1 Å². The summed E-state index contributed by atoms with van der Waals surface area (Å²) in [5.41, 5.74) is 1.32. The van der Waals surface area contributed by atoms with Gasteiger partial charge in [-0.25, -0.2) is 0 Å². The van der Waals surface area contributed by atoms with Gasteiger partial charge in [0.25, 0.3) is 0 Å². The summed E-state index contributed by atoms with van der Waals surface area (Å²) in [7, 11) is 0. The van der Waals surface area contributed by atoms with Crippen LogP contribution in [0, 0.1) is 0 Å². The fourth-order valence-corrected chi connectivity index (χ4v) is 1.73. The Kier molecular flexibility index (Phi) is 3.84. The van der Waals surface area contributed by atoms with Gasteiger partial charge in [0.1, 0.15) is 0 Å². The van der Waals surface area contributed by atoms with E-state index >= 15 is 0 Å². The zero-order valence-electron chi connectivity index (χ0n) is 11.0. The molecule has 0 spiro atoms. The topological polar surface area (TPSA) is 78.9 Å². The number of hydrogen-bond donors (Lipinski definition) is 0. The molecule has 0 bridgehead atoms. The van der Waals surface area contributed by atoms with Crippen molar-refractivity contribution in [1.29, 1.82) is 0 Å². The molecule has 1 aromatic carbocycles. The number of ether oxygens (including phenoxy) is 3. The summed E-state index contributed by atoms with van der Waals surface area (Å²) in [6, 6.07) is 4.67. The number of cyclic esters (lactones) is 1. The first-order valence-corrected chi connectivity index (χ1v) is 5.85. The molecule has 104 valence electrons. The van der Waals surface area contributed by atoms with E-state index in [1.165, 1.54) is 32.2 Å². The van der Waals surface area contributed by atoms with Gasteiger partial charge in [-0.3, -0.25) is 14.4 Å². The molecule has 6 nitrogen and oxygen atoms in total. The van der Waals surface area contributed by atoms with E-state index in [1.54, 1.807) is 6.07 Å². The van der Waals surface area contributed by atoms with Gasteiger partial charge in [-0.05, 0) is 17.7 Å². The van der Waals surface area contributed by atoms with Crippen LogP contribution in [0.25, 0.3) is 5.57 Å². The molecule has 0 N–H and O–H groups in total. The number of carbonyl (C=O) groups is 3. The summed E-state index contributed by atoms with van der Waals surface area (Å²) in [6.07, 6.45) is 1.49. The lowest BCUT2D eigenvalue weighted by Crippen LogP contribution is -2.07. The number of hydrogen-bond acceptors (Lipinski definition) is 6. The fraction of sp³-hybridized carbons (Fsp3) is 0.214. The van der Waals surface area contributed by atoms with E-state index < -0.39 is 11.9 Å². The predicted molar refractivity (Wildman–Crippen MR) is 67.7 cm³/mol. The third-order valence-corrected chi connectivity index (χ3v) is 2.49. The van der Waals surface area contributed by atoms with Gasteiger partial charge in [0.2, 0.25) is 0 Å². The summed E-state index contributed by atoms with van der Waals surface area (Å²) in [4.78, 5) is 33.1. The normalized spacial score (nSPS) is 13.5. The van der Waals surface area contributed by atoms with Crippen LogP contribution in [0.5, 0.6) is 11.5 Å². The van der Waals surface area contributed by atoms with E-state index in [4.69, 9.17) is 14.2 Å². The standard InChI is InChI=1S/C14H12O6/c1-8(15)19-12-4-3-10(5-13(12)20-9(2)16)11-6-14(17)18-7-11/h3-5,7H,6H2,1-2H3. The molecular weight excluding hydrogens is 264 g/mol. The average molecular weight is 276 g/mol. The highest BCUT2D eigenvalue weighted by atomic mass is 16.6. The van der Waals surface area contributed by atoms with Gasteiger partial charge in [0.15, 0.2) is 11.5 Å². The smallest absolute Gasteiger partial charge is 0.315 e. The molecule has 20 heavy (non-hydrogen) atoms. The van der Waals surface area contributed by atoms with Crippen LogP contribution in [0.2, 0.25) is 0 Å². The van der Waals surface area contributed by atoms with Crippen molar-refractivity contribution in [1.82, 2.24) is 0 Å². The fourth-order valence-electron chi connectivity index (χ4n) is 1.73. The molecule has 0 radical (unpaired) electrons. The summed E-state index contributed by atoms with van der Waals surface area (Å²) in [6.45, 7) is 2.49. The van der Waals surface area contributed by atoms with Crippen molar-refractivity contribution in [2.24, 2.45) is 0 Å². The third-order valence-electron chi connectivity index (χ3n) is 2.49. The Morgan fingerprint density at radius 2 is 1.75 bits per heavy atom. The minimum Gasteiger partial charge on any atom is -0.434 e. The molecule has 0 atom stereocenters. The predicted octanol–water partition coefficient (Wildman–Crippen LogP) is 1.82. The quantitative estimate of drug-likeness (QED) is 0.619. The average Bonchev–Trinajstić information content (AvgIpc) is 2.77. The van der Waals surface area contributed by atoms with Gasteiger partial charge >= 0.3 is 17.9 Å². The maximum atomic E-state index is 11.1. The monoisotopic (exact) mass is 276 g/mol. The molecule has 0 unspecified atom stereocenters. The van der Waals surface area contributed by atoms with Gasteiger partial charge < -0.3 is 14.2 Å². The Hall–Kier alpha value is -2.63. The molecule has 6 heteroatoms. The summed E-state index contributed by atoms with van der Waals surface area (Å²) < 4.78 is 14.7. The van der Waals surface area contributed by atoms with Crippen LogP contribution in [-0.2, 0) is 19.1 Å². The van der Waals surface area contributed by atoms with Gasteiger partial charge in [-0.2, -0.15) is 0 Å². The second kappa shape index (κ2) is 5.56. The Morgan fingerprint density at radius 1 is 1.10 bits per heavy atom. The van der Waals surface area contributed by atoms with E-state index in [1.807, 2.05) is 0 Å². The van der Waals surface area contributed by atoms with Crippen molar-refractivity contribution in [3.63, 3.8) is 0 Å². The molecule has 0 saturated carbocycles. The third kappa shape index (κ3) is 3.23. The Balaban J connectivity index is 2.35. The van der Waals surface area contributed by atoms with Crippen LogP contribution in [0.3, 0.4) is 0 Å². The molecule has 0 aliphatic carbocycles. The van der Waals surface area contributed by atoms with Crippen LogP contribution in [0.1, 0.15) is 25.8 Å². The van der Waals surface area contributed by atoms with Crippen LogP contribution < -0.4 is 9.47 Å². The zero-order valence-corrected chi connectivity index (χ0v) is 11.0. The van der Waals surface area contributed by atoms with Crippen molar-refractivity contribution in [2.45, 2.75) is 20.3 Å². The minimum absolute atomic E-state index is 0.116. The van der Waals surface area contributed by atoms with Crippen LogP contribution in [0.15, 0.2) is 24.5 Å². The summed E-state index contributed by atoms with van der Waals surface area (Å²) >= 11 is 0. The van der Waals surface area contributed by atoms with Gasteiger partial charge in [0, 0.05) is 19.4 Å². The summed E-state index contributed by atoms with van der Waals surface area (Å²) in [5.74, 6) is -1.15. The van der Waals surface area contributed by atoms with E-state index in [9.17, 15) is 14.4 Å². The Morgan fingerprint density at radius 3 is 2.30 bits per heavy atom. The van der Waals surface area contributed by atoms with E-state index in [2.05, 4.69) is 0 Å². The molecule has 0 saturated heterocycles. The lowest BCUT2D eigenvalue weighted by atomic mass is 10.0. The van der Waals surface area contributed by atoms with Crippen molar-refractivity contribution in [3.05, 3.63) is 30.0 Å². The van der Waals surface area contributed by atoms with Gasteiger partial charge in [0.05, 0.1) is 12.7 Å². The van der Waals surface area contributed by atoms with E-state index in [-0.39, 0.29) is 23.9 Å². The Labute approximate surface area is 114 Å². The van der Waals surface area contributed by atoms with Crippen LogP contribution >= 0.6 is 0 Å². The maximum absolute atomic E-state index is 11.1. The second-order valence-electron chi connectivity index (χ2n) is 4.16. The zero-order chi connectivity index (χ0) is 14.7. The molecule has 1 aliphatic heterocycles. The number of carbonyl (C=O) groups excluding carboxylic acids is 3. The van der Waals surface area contributed by atoms with E-state index in [0.717, 1.165) is 0 Å². The largest absolute Gasteiger partial charge is 0.434 e. The van der Waals surface area contributed by atoms with Gasteiger partial charge in [-0.15, -0.1) is 0 Å². The molecule has 1 aromatic rings. The SMILES string of the molecule is CC(=O)Oc1ccc(C2=COC(=O)C2)cc1OC(C)=O. The first-order chi connectivity index (χ1) is 9.45. The Bertz CT molecular complexity index is 614. The molecule has 0 amide bonds. The highest BCUT2D eigenvalue weighted by molar-refractivity contribution is 5.90. The minimum atomic E-state index is -0.539. The number of benzene rings is 1. The second-order valence-corrected chi connectivity index (χ2v) is 4.16. The van der Waals surface area contributed by atoms with Crippen molar-refractivity contribution < 1.29 is 28.6 Å².